The van der Waals surface area contributed by atoms with E-state index < -0.39 is 0 Å². The van der Waals surface area contributed by atoms with E-state index in [0.29, 0.717) is 18.0 Å². The first kappa shape index (κ1) is 13.6. The Morgan fingerprint density at radius 2 is 1.61 bits per heavy atom. The number of hydrogen-bond donors (Lipinski definition) is 1. The molecular weight excluding hydrogens is 220 g/mol. The zero-order valence-electron chi connectivity index (χ0n) is 12.1. The summed E-state index contributed by atoms with van der Waals surface area (Å²) in [6, 6.07) is 10.0. The van der Waals surface area contributed by atoms with E-state index in [1.165, 1.54) is 11.1 Å². The lowest BCUT2D eigenvalue weighted by atomic mass is 10.0. The Morgan fingerprint density at radius 1 is 1.06 bits per heavy atom. The van der Waals surface area contributed by atoms with Crippen LogP contribution in [0.2, 0.25) is 0 Å². The summed E-state index contributed by atoms with van der Waals surface area (Å²) in [6.07, 6.45) is 0. The zero-order valence-corrected chi connectivity index (χ0v) is 12.1. The number of rotatable bonds is 5. The molecule has 1 aromatic rings. The average Bonchev–Trinajstić information content (AvgIpc) is 2.78. The molecule has 1 heterocycles. The van der Waals surface area contributed by atoms with E-state index in [9.17, 15) is 0 Å². The molecule has 2 rings (SSSR count). The van der Waals surface area contributed by atoms with Crippen LogP contribution in [0.3, 0.4) is 0 Å². The van der Waals surface area contributed by atoms with E-state index in [-0.39, 0.29) is 0 Å². The summed E-state index contributed by atoms with van der Waals surface area (Å²) in [5, 5.41) is 3.54. The van der Waals surface area contributed by atoms with E-state index >= 15 is 0 Å². The van der Waals surface area contributed by atoms with Crippen LogP contribution < -0.4 is 5.32 Å². The first-order valence-electron chi connectivity index (χ1n) is 7.12. The Hall–Kier alpha value is -0.860. The summed E-state index contributed by atoms with van der Waals surface area (Å²) < 4.78 is 0. The second-order valence-electron chi connectivity index (χ2n) is 5.95. The third-order valence-electron chi connectivity index (χ3n) is 4.11. The van der Waals surface area contributed by atoms with E-state index in [1.54, 1.807) is 0 Å². The van der Waals surface area contributed by atoms with Gasteiger partial charge in [0.25, 0.3) is 0 Å². The van der Waals surface area contributed by atoms with Gasteiger partial charge in [-0.15, -0.1) is 0 Å². The standard InChI is InChI=1S/C16H26N2/c1-12(2)17-9-13(3)14(4)18-10-15-7-5-6-8-16(15)11-18/h5-8,12-14,17H,9-11H2,1-4H3. The van der Waals surface area contributed by atoms with E-state index in [0.717, 1.165) is 19.6 Å². The van der Waals surface area contributed by atoms with Crippen LogP contribution in [0.1, 0.15) is 38.8 Å². The molecule has 0 amide bonds. The molecule has 1 aromatic carbocycles. The largest absolute Gasteiger partial charge is 0.314 e. The van der Waals surface area contributed by atoms with Crippen LogP contribution >= 0.6 is 0 Å². The minimum atomic E-state index is 0.579. The lowest BCUT2D eigenvalue weighted by molar-refractivity contribution is 0.159. The smallest absolute Gasteiger partial charge is 0.0243 e. The van der Waals surface area contributed by atoms with Gasteiger partial charge in [0.05, 0.1) is 0 Å². The van der Waals surface area contributed by atoms with E-state index in [1.807, 2.05) is 0 Å². The highest BCUT2D eigenvalue weighted by molar-refractivity contribution is 5.30. The molecule has 1 aliphatic rings. The number of nitrogens with zero attached hydrogens (tertiary/aromatic N) is 1. The quantitative estimate of drug-likeness (QED) is 0.859. The van der Waals surface area contributed by atoms with E-state index in [2.05, 4.69) is 62.2 Å². The number of nitrogens with one attached hydrogen (secondary N) is 1. The van der Waals surface area contributed by atoms with Crippen molar-refractivity contribution in [1.82, 2.24) is 10.2 Å². The molecule has 2 unspecified atom stereocenters. The van der Waals surface area contributed by atoms with Gasteiger partial charge in [-0.05, 0) is 30.5 Å². The third kappa shape index (κ3) is 3.12. The average molecular weight is 246 g/mol. The highest BCUT2D eigenvalue weighted by atomic mass is 15.2. The molecule has 0 bridgehead atoms. The molecule has 18 heavy (non-hydrogen) atoms. The van der Waals surface area contributed by atoms with Crippen molar-refractivity contribution in [2.24, 2.45) is 5.92 Å². The molecule has 0 aromatic heterocycles. The molecule has 2 nitrogen and oxygen atoms in total. The van der Waals surface area contributed by atoms with Crippen LogP contribution in [0.5, 0.6) is 0 Å². The zero-order chi connectivity index (χ0) is 13.1. The van der Waals surface area contributed by atoms with Crippen molar-refractivity contribution in [3.05, 3.63) is 35.4 Å². The highest BCUT2D eigenvalue weighted by Gasteiger charge is 2.25. The highest BCUT2D eigenvalue weighted by Crippen LogP contribution is 2.26. The van der Waals surface area contributed by atoms with Gasteiger partial charge < -0.3 is 5.32 Å². The Labute approximate surface area is 111 Å². The van der Waals surface area contributed by atoms with Crippen molar-refractivity contribution in [1.29, 1.82) is 0 Å². The molecule has 1 N–H and O–H groups in total. The number of fused-ring (bicyclic) bond motifs is 1. The second-order valence-corrected chi connectivity index (χ2v) is 5.95. The minimum Gasteiger partial charge on any atom is -0.314 e. The van der Waals surface area contributed by atoms with Gasteiger partial charge in [0.15, 0.2) is 0 Å². The van der Waals surface area contributed by atoms with Crippen molar-refractivity contribution in [3.63, 3.8) is 0 Å². The Morgan fingerprint density at radius 3 is 2.11 bits per heavy atom. The molecule has 1 aliphatic heterocycles. The van der Waals surface area contributed by atoms with Crippen LogP contribution in [0.4, 0.5) is 0 Å². The Kier molecular flexibility index (Phi) is 4.41. The summed E-state index contributed by atoms with van der Waals surface area (Å²) >= 11 is 0. The predicted octanol–water partition coefficient (Wildman–Crippen LogP) is 3.02. The van der Waals surface area contributed by atoms with Crippen molar-refractivity contribution in [2.45, 2.75) is 52.9 Å². The first-order valence-corrected chi connectivity index (χ1v) is 7.12. The van der Waals surface area contributed by atoms with Gasteiger partial charge in [-0.2, -0.15) is 0 Å². The molecule has 0 fully saturated rings. The SMILES string of the molecule is CC(C)NCC(C)C(C)N1Cc2ccccc2C1. The molecular formula is C16H26N2. The summed E-state index contributed by atoms with van der Waals surface area (Å²) in [5.74, 6) is 0.682. The summed E-state index contributed by atoms with van der Waals surface area (Å²) in [7, 11) is 0. The van der Waals surface area contributed by atoms with Gasteiger partial charge in [-0.25, -0.2) is 0 Å². The van der Waals surface area contributed by atoms with Crippen molar-refractivity contribution in [2.75, 3.05) is 6.54 Å². The van der Waals surface area contributed by atoms with Crippen LogP contribution in [0.25, 0.3) is 0 Å². The Balaban J connectivity index is 1.90. The van der Waals surface area contributed by atoms with Gasteiger partial charge >= 0.3 is 0 Å². The maximum absolute atomic E-state index is 3.54. The normalized spacial score (nSPS) is 18.9. The maximum atomic E-state index is 3.54. The monoisotopic (exact) mass is 246 g/mol. The van der Waals surface area contributed by atoms with Crippen molar-refractivity contribution < 1.29 is 0 Å². The van der Waals surface area contributed by atoms with Crippen molar-refractivity contribution in [3.8, 4) is 0 Å². The predicted molar refractivity (Wildman–Crippen MR) is 77.5 cm³/mol. The van der Waals surface area contributed by atoms with Gasteiger partial charge in [0.1, 0.15) is 0 Å². The number of benzene rings is 1. The minimum absolute atomic E-state index is 0.579. The molecule has 0 radical (unpaired) electrons. The fourth-order valence-corrected chi connectivity index (χ4v) is 2.60. The van der Waals surface area contributed by atoms with Crippen LogP contribution in [-0.2, 0) is 13.1 Å². The van der Waals surface area contributed by atoms with Crippen LogP contribution in [-0.4, -0.2) is 23.5 Å². The molecule has 0 spiro atoms. The summed E-state index contributed by atoms with van der Waals surface area (Å²) in [6.45, 7) is 12.5. The molecule has 100 valence electrons. The second kappa shape index (κ2) is 5.85. The summed E-state index contributed by atoms with van der Waals surface area (Å²) in [4.78, 5) is 2.59. The fraction of sp³-hybridized carbons (Fsp3) is 0.625. The fourth-order valence-electron chi connectivity index (χ4n) is 2.60. The topological polar surface area (TPSA) is 15.3 Å². The molecule has 0 saturated carbocycles. The Bertz CT molecular complexity index is 361. The molecule has 2 atom stereocenters. The number of hydrogen-bond acceptors (Lipinski definition) is 2. The van der Waals surface area contributed by atoms with Gasteiger partial charge in [0, 0.05) is 25.2 Å². The van der Waals surface area contributed by atoms with Gasteiger partial charge in [-0.3, -0.25) is 4.90 Å². The van der Waals surface area contributed by atoms with Gasteiger partial charge in [0.2, 0.25) is 0 Å². The third-order valence-corrected chi connectivity index (χ3v) is 4.11. The molecule has 0 saturated heterocycles. The molecule has 2 heteroatoms. The first-order chi connectivity index (χ1) is 8.58. The van der Waals surface area contributed by atoms with E-state index in [4.69, 9.17) is 0 Å². The summed E-state index contributed by atoms with van der Waals surface area (Å²) in [5.41, 5.74) is 3.02. The lowest BCUT2D eigenvalue weighted by Gasteiger charge is -2.30. The molecule has 0 aliphatic carbocycles. The maximum Gasteiger partial charge on any atom is 0.0243 e. The van der Waals surface area contributed by atoms with Gasteiger partial charge in [-0.1, -0.05) is 45.0 Å². The van der Waals surface area contributed by atoms with Crippen LogP contribution in [0.15, 0.2) is 24.3 Å². The van der Waals surface area contributed by atoms with Crippen molar-refractivity contribution >= 4 is 0 Å². The van der Waals surface area contributed by atoms with Crippen LogP contribution in [0, 0.1) is 5.92 Å². The lowest BCUT2D eigenvalue weighted by Crippen LogP contribution is -2.39.